The zero-order valence-corrected chi connectivity index (χ0v) is 10.5. The van der Waals surface area contributed by atoms with Crippen molar-refractivity contribution in [3.8, 4) is 0 Å². The number of aliphatic hydroxyl groups excluding tert-OH is 1. The molecule has 2 rings (SSSR count). The zero-order chi connectivity index (χ0) is 13.0. The van der Waals surface area contributed by atoms with Crippen LogP contribution in [0.1, 0.15) is 24.4 Å². The van der Waals surface area contributed by atoms with Gasteiger partial charge < -0.3 is 15.7 Å². The summed E-state index contributed by atoms with van der Waals surface area (Å²) in [4.78, 5) is 14.1. The van der Waals surface area contributed by atoms with Gasteiger partial charge in [0.25, 0.3) is 0 Å². The van der Waals surface area contributed by atoms with E-state index < -0.39 is 6.04 Å². The van der Waals surface area contributed by atoms with Crippen molar-refractivity contribution in [1.29, 1.82) is 0 Å². The lowest BCUT2D eigenvalue weighted by molar-refractivity contribution is -0.131. The molecule has 0 radical (unpaired) electrons. The molecule has 0 spiro atoms. The van der Waals surface area contributed by atoms with Crippen molar-refractivity contribution < 1.29 is 9.90 Å². The average Bonchev–Trinajstić information content (AvgIpc) is 2.87. The van der Waals surface area contributed by atoms with Crippen LogP contribution in [0.4, 0.5) is 0 Å². The van der Waals surface area contributed by atoms with Gasteiger partial charge in [-0.15, -0.1) is 0 Å². The fourth-order valence-electron chi connectivity index (χ4n) is 2.45. The van der Waals surface area contributed by atoms with Gasteiger partial charge in [0.2, 0.25) is 5.91 Å². The highest BCUT2D eigenvalue weighted by molar-refractivity contribution is 5.83. The predicted octanol–water partition coefficient (Wildman–Crippen LogP) is 0.917. The largest absolute Gasteiger partial charge is 0.396 e. The van der Waals surface area contributed by atoms with Crippen LogP contribution in [-0.2, 0) is 4.79 Å². The Kier molecular flexibility index (Phi) is 4.33. The maximum absolute atomic E-state index is 12.2. The smallest absolute Gasteiger partial charge is 0.244 e. The number of carbonyl (C=O) groups is 1. The van der Waals surface area contributed by atoms with Crippen LogP contribution in [0, 0.1) is 5.92 Å². The van der Waals surface area contributed by atoms with Gasteiger partial charge in [0.05, 0.1) is 0 Å². The highest BCUT2D eigenvalue weighted by Crippen LogP contribution is 2.22. The Bertz CT molecular complexity index is 394. The molecular formula is C14H20N2O2. The first-order valence-corrected chi connectivity index (χ1v) is 6.42. The Morgan fingerprint density at radius 2 is 2.17 bits per heavy atom. The second-order valence-electron chi connectivity index (χ2n) is 4.84. The van der Waals surface area contributed by atoms with Crippen molar-refractivity contribution in [1.82, 2.24) is 4.90 Å². The summed E-state index contributed by atoms with van der Waals surface area (Å²) in [7, 11) is 0. The molecule has 1 heterocycles. The van der Waals surface area contributed by atoms with Crippen LogP contribution in [0.2, 0.25) is 0 Å². The third-order valence-electron chi connectivity index (χ3n) is 3.56. The van der Waals surface area contributed by atoms with Gasteiger partial charge in [0, 0.05) is 19.7 Å². The van der Waals surface area contributed by atoms with E-state index in [9.17, 15) is 4.79 Å². The number of benzene rings is 1. The van der Waals surface area contributed by atoms with Gasteiger partial charge in [-0.2, -0.15) is 0 Å². The van der Waals surface area contributed by atoms with Crippen molar-refractivity contribution in [3.05, 3.63) is 35.9 Å². The van der Waals surface area contributed by atoms with Gasteiger partial charge in [-0.1, -0.05) is 30.3 Å². The van der Waals surface area contributed by atoms with Gasteiger partial charge in [-0.25, -0.2) is 0 Å². The molecule has 0 saturated carbocycles. The minimum atomic E-state index is -0.570. The van der Waals surface area contributed by atoms with Gasteiger partial charge in [0.1, 0.15) is 6.04 Å². The summed E-state index contributed by atoms with van der Waals surface area (Å²) in [5.41, 5.74) is 6.85. The normalized spacial score (nSPS) is 21.0. The number of amides is 1. The summed E-state index contributed by atoms with van der Waals surface area (Å²) in [6.45, 7) is 1.67. The molecule has 98 valence electrons. The second-order valence-corrected chi connectivity index (χ2v) is 4.84. The molecule has 0 bridgehead atoms. The molecule has 4 heteroatoms. The van der Waals surface area contributed by atoms with E-state index in [2.05, 4.69) is 0 Å². The molecule has 2 atom stereocenters. The second kappa shape index (κ2) is 5.98. The van der Waals surface area contributed by atoms with Gasteiger partial charge in [0.15, 0.2) is 0 Å². The van der Waals surface area contributed by atoms with Gasteiger partial charge >= 0.3 is 0 Å². The van der Waals surface area contributed by atoms with Crippen molar-refractivity contribution in [2.75, 3.05) is 19.7 Å². The molecule has 1 aliphatic heterocycles. The molecule has 18 heavy (non-hydrogen) atoms. The van der Waals surface area contributed by atoms with Crippen LogP contribution in [0.3, 0.4) is 0 Å². The van der Waals surface area contributed by atoms with Crippen molar-refractivity contribution in [3.63, 3.8) is 0 Å². The lowest BCUT2D eigenvalue weighted by atomic mass is 10.1. The first-order valence-electron chi connectivity index (χ1n) is 6.42. The average molecular weight is 248 g/mol. The summed E-state index contributed by atoms with van der Waals surface area (Å²) in [6.07, 6.45) is 1.73. The van der Waals surface area contributed by atoms with E-state index in [-0.39, 0.29) is 12.5 Å². The van der Waals surface area contributed by atoms with Gasteiger partial charge in [-0.05, 0) is 24.3 Å². The van der Waals surface area contributed by atoms with Crippen molar-refractivity contribution >= 4 is 5.91 Å². The Hall–Kier alpha value is -1.39. The first-order chi connectivity index (χ1) is 8.72. The summed E-state index contributed by atoms with van der Waals surface area (Å²) >= 11 is 0. The Morgan fingerprint density at radius 1 is 1.44 bits per heavy atom. The predicted molar refractivity (Wildman–Crippen MR) is 69.8 cm³/mol. The number of likely N-dealkylation sites (tertiary alicyclic amines) is 1. The van der Waals surface area contributed by atoms with E-state index in [4.69, 9.17) is 10.8 Å². The molecule has 1 aromatic carbocycles. The lowest BCUT2D eigenvalue weighted by Crippen LogP contribution is -2.37. The molecule has 1 amide bonds. The molecule has 1 saturated heterocycles. The first kappa shape index (κ1) is 13.1. The fourth-order valence-corrected chi connectivity index (χ4v) is 2.45. The number of hydrogen-bond acceptors (Lipinski definition) is 3. The number of nitrogens with zero attached hydrogens (tertiary/aromatic N) is 1. The minimum absolute atomic E-state index is 0.0124. The summed E-state index contributed by atoms with van der Waals surface area (Å²) in [6, 6.07) is 8.88. The number of aliphatic hydroxyl groups is 1. The van der Waals surface area contributed by atoms with Crippen molar-refractivity contribution in [2.45, 2.75) is 18.9 Å². The standard InChI is InChI=1S/C14H20N2O2/c15-13(12-4-2-1-3-5-12)14(18)16-8-6-11(10-16)7-9-17/h1-5,11,13,17H,6-10,15H2. The zero-order valence-electron chi connectivity index (χ0n) is 10.5. The Morgan fingerprint density at radius 3 is 2.83 bits per heavy atom. The molecule has 2 unspecified atom stereocenters. The van der Waals surface area contributed by atoms with Crippen LogP contribution < -0.4 is 5.73 Å². The van der Waals surface area contributed by atoms with E-state index >= 15 is 0 Å². The Balaban J connectivity index is 1.96. The summed E-state index contributed by atoms with van der Waals surface area (Å²) in [5.74, 6) is 0.406. The van der Waals surface area contributed by atoms with Gasteiger partial charge in [-0.3, -0.25) is 4.79 Å². The molecule has 3 N–H and O–H groups in total. The van der Waals surface area contributed by atoms with E-state index in [1.807, 2.05) is 35.2 Å². The van der Waals surface area contributed by atoms with Crippen LogP contribution in [0.25, 0.3) is 0 Å². The third-order valence-corrected chi connectivity index (χ3v) is 3.56. The monoisotopic (exact) mass is 248 g/mol. The SMILES string of the molecule is NC(C(=O)N1CCC(CCO)C1)c1ccccc1. The molecule has 1 fully saturated rings. The molecule has 1 aliphatic rings. The van der Waals surface area contributed by atoms with Crippen LogP contribution in [-0.4, -0.2) is 35.6 Å². The molecule has 1 aromatic rings. The minimum Gasteiger partial charge on any atom is -0.396 e. The number of hydrogen-bond donors (Lipinski definition) is 2. The number of nitrogens with two attached hydrogens (primary N) is 1. The topological polar surface area (TPSA) is 66.6 Å². The molecule has 0 aromatic heterocycles. The molecular weight excluding hydrogens is 228 g/mol. The van der Waals surface area contributed by atoms with E-state index in [0.717, 1.165) is 31.5 Å². The number of rotatable bonds is 4. The molecule has 4 nitrogen and oxygen atoms in total. The van der Waals surface area contributed by atoms with Crippen molar-refractivity contribution in [2.24, 2.45) is 11.7 Å². The van der Waals surface area contributed by atoms with Crippen LogP contribution in [0.5, 0.6) is 0 Å². The number of carbonyl (C=O) groups excluding carboxylic acids is 1. The highest BCUT2D eigenvalue weighted by atomic mass is 16.3. The van der Waals surface area contributed by atoms with Crippen LogP contribution >= 0.6 is 0 Å². The maximum Gasteiger partial charge on any atom is 0.244 e. The fraction of sp³-hybridized carbons (Fsp3) is 0.500. The molecule has 0 aliphatic carbocycles. The maximum atomic E-state index is 12.2. The van der Waals surface area contributed by atoms with E-state index in [1.165, 1.54) is 0 Å². The highest BCUT2D eigenvalue weighted by Gasteiger charge is 2.29. The van der Waals surface area contributed by atoms with E-state index in [1.54, 1.807) is 0 Å². The van der Waals surface area contributed by atoms with E-state index in [0.29, 0.717) is 5.92 Å². The summed E-state index contributed by atoms with van der Waals surface area (Å²) in [5, 5.41) is 8.91. The third kappa shape index (κ3) is 2.89. The Labute approximate surface area is 107 Å². The summed E-state index contributed by atoms with van der Waals surface area (Å²) < 4.78 is 0. The lowest BCUT2D eigenvalue weighted by Gasteiger charge is -2.21. The van der Waals surface area contributed by atoms with Crippen LogP contribution in [0.15, 0.2) is 30.3 Å². The quantitative estimate of drug-likeness (QED) is 0.832.